The van der Waals surface area contributed by atoms with E-state index in [1.807, 2.05) is 0 Å². The Balaban J connectivity index is 2.05. The molecule has 3 N–H and O–H groups in total. The van der Waals surface area contributed by atoms with Crippen molar-refractivity contribution in [2.45, 2.75) is 0 Å². The van der Waals surface area contributed by atoms with Crippen molar-refractivity contribution in [2.24, 2.45) is 0 Å². The summed E-state index contributed by atoms with van der Waals surface area (Å²) in [7, 11) is 0. The minimum Gasteiger partial charge on any atom is -0.478 e. The van der Waals surface area contributed by atoms with E-state index >= 15 is 0 Å². The molecule has 0 unspecified atom stereocenters. The number of benzene rings is 1. The van der Waals surface area contributed by atoms with Crippen LogP contribution in [0, 0.1) is 0 Å². The first-order valence-electron chi connectivity index (χ1n) is 5.79. The van der Waals surface area contributed by atoms with E-state index in [-0.39, 0.29) is 11.5 Å². The fourth-order valence-electron chi connectivity index (χ4n) is 2.08. The molecule has 1 aliphatic rings. The maximum absolute atomic E-state index is 11.9. The van der Waals surface area contributed by atoms with E-state index in [9.17, 15) is 9.59 Å². The van der Waals surface area contributed by atoms with Gasteiger partial charge in [0.25, 0.3) is 5.91 Å². The standard InChI is InChI=1S/C14H9ClN2O3/c15-8-1-2-12-10(4-8)11(13(18)17-12)5-9-3-7(6-16-9)14(19)20/h1-6,16H,(H,17,18)(H,19,20)/b11-5-. The third kappa shape index (κ3) is 2.08. The molecule has 6 heteroatoms. The number of halogens is 1. The number of rotatable bonds is 2. The van der Waals surface area contributed by atoms with Gasteiger partial charge in [-0.1, -0.05) is 11.6 Å². The second-order valence-corrected chi connectivity index (χ2v) is 4.79. The molecule has 0 aliphatic carbocycles. The number of aromatic amines is 1. The van der Waals surface area contributed by atoms with Gasteiger partial charge in [-0.25, -0.2) is 4.79 Å². The lowest BCUT2D eigenvalue weighted by atomic mass is 10.1. The Morgan fingerprint density at radius 1 is 1.30 bits per heavy atom. The summed E-state index contributed by atoms with van der Waals surface area (Å²) in [6.07, 6.45) is 2.98. The minimum atomic E-state index is -1.02. The summed E-state index contributed by atoms with van der Waals surface area (Å²) < 4.78 is 0. The first kappa shape index (κ1) is 12.5. The lowest BCUT2D eigenvalue weighted by Crippen LogP contribution is -2.03. The molecule has 0 atom stereocenters. The molecule has 1 aromatic heterocycles. The van der Waals surface area contributed by atoms with Gasteiger partial charge < -0.3 is 15.4 Å². The third-order valence-corrected chi connectivity index (χ3v) is 3.25. The number of fused-ring (bicyclic) bond motifs is 1. The highest BCUT2D eigenvalue weighted by atomic mass is 35.5. The first-order valence-corrected chi connectivity index (χ1v) is 6.17. The van der Waals surface area contributed by atoms with Crippen molar-refractivity contribution in [1.82, 2.24) is 4.98 Å². The monoisotopic (exact) mass is 288 g/mol. The van der Waals surface area contributed by atoms with Crippen LogP contribution in [-0.4, -0.2) is 22.0 Å². The molecule has 0 bridgehead atoms. The van der Waals surface area contributed by atoms with E-state index in [2.05, 4.69) is 10.3 Å². The van der Waals surface area contributed by atoms with Gasteiger partial charge in [0, 0.05) is 28.2 Å². The van der Waals surface area contributed by atoms with Gasteiger partial charge >= 0.3 is 5.97 Å². The predicted molar refractivity (Wildman–Crippen MR) is 75.7 cm³/mol. The van der Waals surface area contributed by atoms with E-state index in [0.29, 0.717) is 27.5 Å². The lowest BCUT2D eigenvalue weighted by molar-refractivity contribution is -0.110. The van der Waals surface area contributed by atoms with Gasteiger partial charge in [-0.3, -0.25) is 4.79 Å². The van der Waals surface area contributed by atoms with E-state index in [0.717, 1.165) is 0 Å². The van der Waals surface area contributed by atoms with Gasteiger partial charge in [0.1, 0.15) is 0 Å². The highest BCUT2D eigenvalue weighted by Crippen LogP contribution is 2.34. The number of carbonyl (C=O) groups excluding carboxylic acids is 1. The summed E-state index contributed by atoms with van der Waals surface area (Å²) in [5.74, 6) is -1.26. The van der Waals surface area contributed by atoms with E-state index < -0.39 is 5.97 Å². The molecule has 2 aromatic rings. The summed E-state index contributed by atoms with van der Waals surface area (Å²) in [4.78, 5) is 25.6. The van der Waals surface area contributed by atoms with Gasteiger partial charge in [-0.15, -0.1) is 0 Å². The lowest BCUT2D eigenvalue weighted by Gasteiger charge is -1.98. The normalized spacial score (nSPS) is 15.2. The SMILES string of the molecule is O=C1Nc2ccc(Cl)cc2/C1=C/c1cc(C(=O)O)c[nH]1. The number of aromatic carboxylic acids is 1. The second kappa shape index (κ2) is 4.54. The molecule has 1 aliphatic heterocycles. The average molecular weight is 289 g/mol. The molecule has 20 heavy (non-hydrogen) atoms. The molecular weight excluding hydrogens is 280 g/mol. The number of H-pyrrole nitrogens is 1. The first-order chi connectivity index (χ1) is 9.54. The molecule has 1 aromatic carbocycles. The summed E-state index contributed by atoms with van der Waals surface area (Å²) in [6.45, 7) is 0. The predicted octanol–water partition coefficient (Wildman–Crippen LogP) is 2.86. The smallest absolute Gasteiger partial charge is 0.337 e. The summed E-state index contributed by atoms with van der Waals surface area (Å²) in [6, 6.07) is 6.58. The van der Waals surface area contributed by atoms with Crippen molar-refractivity contribution >= 4 is 40.8 Å². The van der Waals surface area contributed by atoms with Crippen LogP contribution in [0.15, 0.2) is 30.5 Å². The number of amides is 1. The summed E-state index contributed by atoms with van der Waals surface area (Å²) in [5.41, 5.74) is 2.52. The number of nitrogens with one attached hydrogen (secondary N) is 2. The molecule has 0 saturated carbocycles. The van der Waals surface area contributed by atoms with Crippen molar-refractivity contribution in [1.29, 1.82) is 0 Å². The van der Waals surface area contributed by atoms with Gasteiger partial charge in [-0.2, -0.15) is 0 Å². The summed E-state index contributed by atoms with van der Waals surface area (Å²) >= 11 is 5.93. The number of hydrogen-bond donors (Lipinski definition) is 3. The van der Waals surface area contributed by atoms with Crippen LogP contribution in [0.1, 0.15) is 21.6 Å². The van der Waals surface area contributed by atoms with Crippen LogP contribution in [0.25, 0.3) is 11.6 Å². The fourth-order valence-corrected chi connectivity index (χ4v) is 2.25. The zero-order valence-electron chi connectivity index (χ0n) is 10.1. The molecule has 0 spiro atoms. The third-order valence-electron chi connectivity index (χ3n) is 3.02. The molecular formula is C14H9ClN2O3. The van der Waals surface area contributed by atoms with Gasteiger partial charge in [0.15, 0.2) is 0 Å². The number of aromatic nitrogens is 1. The maximum atomic E-state index is 11.9. The Bertz CT molecular complexity index is 762. The number of anilines is 1. The van der Waals surface area contributed by atoms with E-state index in [1.165, 1.54) is 12.3 Å². The zero-order chi connectivity index (χ0) is 14.3. The molecule has 0 saturated heterocycles. The van der Waals surface area contributed by atoms with Crippen molar-refractivity contribution in [3.63, 3.8) is 0 Å². The average Bonchev–Trinajstić information content (AvgIpc) is 2.97. The van der Waals surface area contributed by atoms with Gasteiger partial charge in [-0.05, 0) is 30.3 Å². The molecule has 2 heterocycles. The Morgan fingerprint density at radius 3 is 2.80 bits per heavy atom. The van der Waals surface area contributed by atoms with E-state index in [4.69, 9.17) is 16.7 Å². The second-order valence-electron chi connectivity index (χ2n) is 4.35. The van der Waals surface area contributed by atoms with Crippen LogP contribution in [0.2, 0.25) is 5.02 Å². The van der Waals surface area contributed by atoms with Crippen LogP contribution in [0.3, 0.4) is 0 Å². The van der Waals surface area contributed by atoms with Crippen LogP contribution in [0.4, 0.5) is 5.69 Å². The van der Waals surface area contributed by atoms with Crippen molar-refractivity contribution in [2.75, 3.05) is 5.32 Å². The quantitative estimate of drug-likeness (QED) is 0.743. The van der Waals surface area contributed by atoms with Crippen molar-refractivity contribution in [3.8, 4) is 0 Å². The van der Waals surface area contributed by atoms with Crippen LogP contribution < -0.4 is 5.32 Å². The van der Waals surface area contributed by atoms with Crippen LogP contribution in [0.5, 0.6) is 0 Å². The van der Waals surface area contributed by atoms with Gasteiger partial charge in [0.2, 0.25) is 0 Å². The van der Waals surface area contributed by atoms with E-state index in [1.54, 1.807) is 24.3 Å². The Hall–Kier alpha value is -2.53. The highest BCUT2D eigenvalue weighted by molar-refractivity contribution is 6.36. The van der Waals surface area contributed by atoms with Crippen LogP contribution >= 0.6 is 11.6 Å². The number of hydrogen-bond acceptors (Lipinski definition) is 2. The molecule has 5 nitrogen and oxygen atoms in total. The van der Waals surface area contributed by atoms with Crippen LogP contribution in [-0.2, 0) is 4.79 Å². The van der Waals surface area contributed by atoms with Crippen molar-refractivity contribution in [3.05, 3.63) is 52.3 Å². The number of carbonyl (C=O) groups is 2. The molecule has 0 fully saturated rings. The molecule has 0 radical (unpaired) electrons. The minimum absolute atomic E-state index is 0.140. The number of carboxylic acids is 1. The largest absolute Gasteiger partial charge is 0.478 e. The Morgan fingerprint density at radius 2 is 2.10 bits per heavy atom. The number of carboxylic acid groups (broad SMARTS) is 1. The fraction of sp³-hybridized carbons (Fsp3) is 0. The molecule has 1 amide bonds. The zero-order valence-corrected chi connectivity index (χ0v) is 10.9. The Labute approximate surface area is 118 Å². The summed E-state index contributed by atoms with van der Waals surface area (Å²) in [5, 5.41) is 12.1. The Kier molecular flexibility index (Phi) is 2.84. The topological polar surface area (TPSA) is 82.2 Å². The molecule has 100 valence electrons. The van der Waals surface area contributed by atoms with Gasteiger partial charge in [0.05, 0.1) is 11.1 Å². The maximum Gasteiger partial charge on any atom is 0.337 e. The van der Waals surface area contributed by atoms with Crippen molar-refractivity contribution < 1.29 is 14.7 Å². The molecule has 3 rings (SSSR count). The highest BCUT2D eigenvalue weighted by Gasteiger charge is 2.24.